The summed E-state index contributed by atoms with van der Waals surface area (Å²) < 4.78 is 9.63. The van der Waals surface area contributed by atoms with E-state index in [4.69, 9.17) is 15.2 Å². The number of hydrogen-bond acceptors (Lipinski definition) is 3. The maximum atomic E-state index is 10.6. The number of allylic oxidation sites excluding steroid dienone is 1. The summed E-state index contributed by atoms with van der Waals surface area (Å²) in [7, 11) is 1.17. The van der Waals surface area contributed by atoms with E-state index >= 15 is 0 Å². The molecule has 10 nitrogen and oxygen atoms in total. The van der Waals surface area contributed by atoms with Crippen LogP contribution in [0.25, 0.3) is 0 Å². The van der Waals surface area contributed by atoms with E-state index in [0.717, 1.165) is 48.6 Å². The molecule has 0 bridgehead atoms. The maximum Gasteiger partial charge on any atom is 0.346 e. The van der Waals surface area contributed by atoms with Crippen LogP contribution >= 0.6 is 0 Å². The normalized spacial score (nSPS) is 17.4. The molecule has 2 unspecified atom stereocenters. The number of carboxylic acid groups (broad SMARTS) is 2. The SMILES string of the molecule is C.C.C.CC(C)C1CCC(Cn2cc[n+](CC(=O)O)c2)C1.CC(C)CC[N+]1=CCC(=BO)C=C1.CC(C)n1cc[n+](CC(=O)O)c1. The van der Waals surface area contributed by atoms with Gasteiger partial charge in [-0.15, -0.1) is 0 Å². The van der Waals surface area contributed by atoms with Crippen LogP contribution in [0.2, 0.25) is 0 Å². The minimum Gasteiger partial charge on any atom is -0.478 e. The maximum absolute atomic E-state index is 10.6. The number of aromatic nitrogens is 4. The van der Waals surface area contributed by atoms with Crippen molar-refractivity contribution in [2.45, 2.75) is 122 Å². The summed E-state index contributed by atoms with van der Waals surface area (Å²) in [5, 5.41) is 26.0. The predicted molar refractivity (Wildman–Crippen MR) is 188 cm³/mol. The second-order valence-corrected chi connectivity index (χ2v) is 12.7. The molecule has 2 aliphatic rings. The van der Waals surface area contributed by atoms with Crippen molar-refractivity contribution in [1.29, 1.82) is 0 Å². The summed E-state index contributed by atoms with van der Waals surface area (Å²) >= 11 is 0. The van der Waals surface area contributed by atoms with Crippen LogP contribution in [-0.2, 0) is 29.2 Å². The standard InChI is InChI=1S/C14H22N2O2.C10H17BNO.C8H12N2O2.3CH4/c1-11(2)13-4-3-12(7-13)8-15-5-6-16(10-15)9-14(17)18;1-9(2)3-6-12-7-4-10(11-13)5-8-12;1-7(2)10-4-3-9(6-10)5-8(11)12;;;/h5-6,10-13H,3-4,7-9H2,1-2H3;4,7-9,13H,3,5-6H2,1-2H3;3-4,6-7H,5H2,1-2H3;3*1H4/q;+1;;;;/p+2. The Morgan fingerprint density at radius 3 is 2.00 bits per heavy atom. The summed E-state index contributed by atoms with van der Waals surface area (Å²) in [5.41, 5.74) is 0.973. The number of rotatable bonds is 11. The Bertz CT molecular complexity index is 1250. The van der Waals surface area contributed by atoms with E-state index in [2.05, 4.69) is 43.1 Å². The van der Waals surface area contributed by atoms with Crippen molar-refractivity contribution in [2.75, 3.05) is 6.54 Å². The molecule has 2 aromatic heterocycles. The molecule has 0 radical (unpaired) electrons. The molecule has 0 aromatic carbocycles. The van der Waals surface area contributed by atoms with E-state index in [1.807, 2.05) is 55.6 Å². The van der Waals surface area contributed by atoms with Gasteiger partial charge in [0, 0.05) is 0 Å². The Morgan fingerprint density at radius 1 is 0.935 bits per heavy atom. The molecule has 1 fully saturated rings. The van der Waals surface area contributed by atoms with Gasteiger partial charge < -0.3 is 10.2 Å². The second-order valence-electron chi connectivity index (χ2n) is 12.7. The predicted octanol–water partition coefficient (Wildman–Crippen LogP) is 5.10. The van der Waals surface area contributed by atoms with Crippen molar-refractivity contribution < 1.29 is 38.5 Å². The molecule has 1 aliphatic carbocycles. The molecule has 0 amide bonds. The Balaban J connectivity index is 0. The van der Waals surface area contributed by atoms with Crippen LogP contribution in [0.1, 0.15) is 102 Å². The van der Waals surface area contributed by atoms with Gasteiger partial charge in [0.25, 0.3) is 0 Å². The van der Waals surface area contributed by atoms with E-state index in [9.17, 15) is 9.59 Å². The summed E-state index contributed by atoms with van der Waals surface area (Å²) in [6, 6.07) is 0.375. The van der Waals surface area contributed by atoms with E-state index in [-0.39, 0.29) is 35.4 Å². The minimum absolute atomic E-state index is 0. The monoisotopic (exact) mass is 647 g/mol. The van der Waals surface area contributed by atoms with Crippen LogP contribution < -0.4 is 9.13 Å². The third-order valence-electron chi connectivity index (χ3n) is 7.86. The van der Waals surface area contributed by atoms with Gasteiger partial charge in [0.05, 0.1) is 12.6 Å². The molecular weight excluding hydrogens is 581 g/mol. The molecule has 0 saturated heterocycles. The molecule has 2 aromatic rings. The molecule has 0 spiro atoms. The molecule has 4 rings (SSSR count). The van der Waals surface area contributed by atoms with Gasteiger partial charge in [0.15, 0.2) is 13.1 Å². The van der Waals surface area contributed by atoms with E-state index in [0.29, 0.717) is 6.04 Å². The van der Waals surface area contributed by atoms with E-state index in [1.54, 1.807) is 21.7 Å². The molecule has 1 aliphatic heterocycles. The average Bonchev–Trinajstić information content (AvgIpc) is 3.70. The van der Waals surface area contributed by atoms with Crippen molar-refractivity contribution in [2.24, 2.45) is 23.7 Å². The molecule has 1 saturated carbocycles. The Morgan fingerprint density at radius 2 is 1.54 bits per heavy atom. The quantitative estimate of drug-likeness (QED) is 0.232. The van der Waals surface area contributed by atoms with Crippen LogP contribution in [-0.4, -0.2) is 66.2 Å². The number of carbonyl (C=O) groups is 2. The van der Waals surface area contributed by atoms with Crippen molar-refractivity contribution in [3.63, 3.8) is 0 Å². The number of carboxylic acids is 2. The van der Waals surface area contributed by atoms with Crippen molar-refractivity contribution in [3.8, 4) is 0 Å². The van der Waals surface area contributed by atoms with Gasteiger partial charge in [-0.2, -0.15) is 0 Å². The summed E-state index contributed by atoms with van der Waals surface area (Å²) in [6.45, 7) is 15.3. The number of imidazole rings is 2. The summed E-state index contributed by atoms with van der Waals surface area (Å²) in [4.78, 5) is 20.9. The zero-order valence-electron chi connectivity index (χ0n) is 26.9. The first-order valence-electron chi connectivity index (χ1n) is 15.5. The van der Waals surface area contributed by atoms with Gasteiger partial charge in [-0.05, 0) is 50.9 Å². The van der Waals surface area contributed by atoms with Crippen molar-refractivity contribution in [3.05, 3.63) is 49.7 Å². The smallest absolute Gasteiger partial charge is 0.346 e. The molecule has 3 heterocycles. The fourth-order valence-electron chi connectivity index (χ4n) is 5.16. The number of hydrogen-bond donors (Lipinski definition) is 3. The first-order valence-corrected chi connectivity index (χ1v) is 15.5. The van der Waals surface area contributed by atoms with Crippen LogP contribution in [0.5, 0.6) is 0 Å². The topological polar surface area (TPSA) is 115 Å². The Kier molecular flexibility index (Phi) is 22.2. The fourth-order valence-corrected chi connectivity index (χ4v) is 5.16. The molecule has 2 atom stereocenters. The number of aliphatic carboxylic acids is 2. The van der Waals surface area contributed by atoms with Crippen LogP contribution in [0.3, 0.4) is 0 Å². The second kappa shape index (κ2) is 22.9. The average molecular weight is 647 g/mol. The Hall–Kier alpha value is -3.50. The third kappa shape index (κ3) is 17.3. The first kappa shape index (κ1) is 44.6. The van der Waals surface area contributed by atoms with Gasteiger partial charge in [-0.3, -0.25) is 0 Å². The van der Waals surface area contributed by atoms with Crippen LogP contribution in [0, 0.1) is 23.7 Å². The van der Waals surface area contributed by atoms with Gasteiger partial charge >= 0.3 is 91.8 Å². The molecule has 260 valence electrons. The first-order chi connectivity index (χ1) is 20.4. The molecular formula is C35H65BN5O5+3. The van der Waals surface area contributed by atoms with Crippen molar-refractivity contribution >= 4 is 30.7 Å². The number of nitrogens with zero attached hydrogens (tertiary/aromatic N) is 5. The largest absolute Gasteiger partial charge is 0.478 e. The summed E-state index contributed by atoms with van der Waals surface area (Å²) in [6.07, 6.45) is 23.2. The zero-order chi connectivity index (χ0) is 31.9. The minimum atomic E-state index is -0.818. The van der Waals surface area contributed by atoms with Crippen LogP contribution in [0.4, 0.5) is 0 Å². The van der Waals surface area contributed by atoms with Crippen molar-refractivity contribution in [1.82, 2.24) is 9.13 Å². The van der Waals surface area contributed by atoms with Gasteiger partial charge in [0.2, 0.25) is 12.7 Å². The Labute approximate surface area is 279 Å². The van der Waals surface area contributed by atoms with Gasteiger partial charge in [0.1, 0.15) is 24.8 Å². The van der Waals surface area contributed by atoms with E-state index in [1.165, 1.54) is 32.8 Å². The molecule has 46 heavy (non-hydrogen) atoms. The zero-order valence-corrected chi connectivity index (χ0v) is 26.9. The molecule has 3 N–H and O–H groups in total. The third-order valence-corrected chi connectivity index (χ3v) is 7.86. The van der Waals surface area contributed by atoms with Gasteiger partial charge in [-0.1, -0.05) is 36.1 Å². The molecule has 11 heteroatoms. The van der Waals surface area contributed by atoms with Crippen LogP contribution in [0.15, 0.2) is 49.7 Å². The van der Waals surface area contributed by atoms with E-state index < -0.39 is 11.9 Å². The van der Waals surface area contributed by atoms with Gasteiger partial charge in [-0.25, -0.2) is 27.9 Å². The fraction of sp³-hybridized carbons (Fsp3) is 0.657. The summed E-state index contributed by atoms with van der Waals surface area (Å²) in [5.74, 6) is 1.55.